The highest BCUT2D eigenvalue weighted by Gasteiger charge is 2.25. The molecule has 1 aliphatic heterocycles. The van der Waals surface area contributed by atoms with Crippen LogP contribution in [-0.2, 0) is 7.05 Å². The SMILES string of the molecule is C=CCSc1nnc(C2CCCN(CC(C)=CC)C2)n1C. The van der Waals surface area contributed by atoms with Crippen LogP contribution in [0.1, 0.15) is 38.4 Å². The standard InChI is InChI=1S/C16H26N4S/c1-5-10-21-16-18-17-15(19(16)4)14-8-7-9-20(12-14)11-13(3)6-2/h5-6,14H,1,7-12H2,2-4H3. The highest BCUT2D eigenvalue weighted by atomic mass is 32.2. The third-order valence-corrected chi connectivity index (χ3v) is 5.05. The number of likely N-dealkylation sites (tertiary alicyclic amines) is 1. The van der Waals surface area contributed by atoms with Gasteiger partial charge < -0.3 is 4.57 Å². The number of hydrogen-bond donors (Lipinski definition) is 0. The summed E-state index contributed by atoms with van der Waals surface area (Å²) in [4.78, 5) is 2.54. The molecule has 0 spiro atoms. The predicted octanol–water partition coefficient (Wildman–Crippen LogP) is 3.24. The quantitative estimate of drug-likeness (QED) is 0.597. The Morgan fingerprint density at radius 2 is 2.29 bits per heavy atom. The van der Waals surface area contributed by atoms with Crippen molar-refractivity contribution < 1.29 is 0 Å². The molecule has 1 aromatic rings. The molecule has 1 fully saturated rings. The van der Waals surface area contributed by atoms with E-state index in [1.807, 2.05) is 6.08 Å². The van der Waals surface area contributed by atoms with Crippen molar-refractivity contribution in [2.45, 2.75) is 37.8 Å². The molecule has 1 aromatic heterocycles. The van der Waals surface area contributed by atoms with Crippen molar-refractivity contribution in [3.05, 3.63) is 30.1 Å². The lowest BCUT2D eigenvalue weighted by atomic mass is 9.97. The van der Waals surface area contributed by atoms with Crippen LogP contribution >= 0.6 is 11.8 Å². The fourth-order valence-electron chi connectivity index (χ4n) is 2.79. The zero-order valence-corrected chi connectivity index (χ0v) is 14.2. The molecule has 0 aromatic carbocycles. The summed E-state index contributed by atoms with van der Waals surface area (Å²) in [5.74, 6) is 2.51. The maximum absolute atomic E-state index is 4.44. The monoisotopic (exact) mass is 306 g/mol. The molecule has 1 unspecified atom stereocenters. The van der Waals surface area contributed by atoms with E-state index < -0.39 is 0 Å². The van der Waals surface area contributed by atoms with Gasteiger partial charge in [-0.15, -0.1) is 16.8 Å². The van der Waals surface area contributed by atoms with Gasteiger partial charge in [-0.2, -0.15) is 0 Å². The van der Waals surface area contributed by atoms with E-state index in [-0.39, 0.29) is 0 Å². The average molecular weight is 306 g/mol. The Morgan fingerprint density at radius 1 is 1.48 bits per heavy atom. The highest BCUT2D eigenvalue weighted by molar-refractivity contribution is 7.99. The zero-order valence-electron chi connectivity index (χ0n) is 13.4. The van der Waals surface area contributed by atoms with Crippen molar-refractivity contribution in [1.29, 1.82) is 0 Å². The number of rotatable bonds is 6. The molecular weight excluding hydrogens is 280 g/mol. The second-order valence-electron chi connectivity index (χ2n) is 5.71. The summed E-state index contributed by atoms with van der Waals surface area (Å²) >= 11 is 1.70. The van der Waals surface area contributed by atoms with Gasteiger partial charge in [0.1, 0.15) is 5.82 Å². The van der Waals surface area contributed by atoms with Crippen molar-refractivity contribution in [2.75, 3.05) is 25.4 Å². The number of piperidine rings is 1. The molecule has 1 aliphatic rings. The lowest BCUT2D eigenvalue weighted by Crippen LogP contribution is -2.36. The molecule has 1 atom stereocenters. The van der Waals surface area contributed by atoms with E-state index in [0.717, 1.165) is 29.8 Å². The second kappa shape index (κ2) is 7.80. The Hall–Kier alpha value is -1.07. The molecule has 5 heteroatoms. The molecule has 4 nitrogen and oxygen atoms in total. The molecular formula is C16H26N4S. The Balaban J connectivity index is 2.04. The van der Waals surface area contributed by atoms with Crippen LogP contribution in [0.5, 0.6) is 0 Å². The Bertz CT molecular complexity index is 506. The van der Waals surface area contributed by atoms with Crippen LogP contribution in [0.2, 0.25) is 0 Å². The fraction of sp³-hybridized carbons (Fsp3) is 0.625. The van der Waals surface area contributed by atoms with Gasteiger partial charge in [0.05, 0.1) is 0 Å². The lowest BCUT2D eigenvalue weighted by Gasteiger charge is -2.32. The third kappa shape index (κ3) is 4.20. The molecule has 0 amide bonds. The molecule has 0 aliphatic carbocycles. The first-order valence-electron chi connectivity index (χ1n) is 7.62. The summed E-state index contributed by atoms with van der Waals surface area (Å²) in [6, 6.07) is 0. The van der Waals surface area contributed by atoms with Gasteiger partial charge in [-0.05, 0) is 33.2 Å². The largest absolute Gasteiger partial charge is 0.309 e. The number of hydrogen-bond acceptors (Lipinski definition) is 4. The van der Waals surface area contributed by atoms with Gasteiger partial charge in [0.2, 0.25) is 0 Å². The maximum atomic E-state index is 4.44. The minimum atomic E-state index is 0.499. The smallest absolute Gasteiger partial charge is 0.191 e. The van der Waals surface area contributed by atoms with E-state index in [0.29, 0.717) is 5.92 Å². The summed E-state index contributed by atoms with van der Waals surface area (Å²) < 4.78 is 2.16. The van der Waals surface area contributed by atoms with Crippen LogP contribution in [0.3, 0.4) is 0 Å². The van der Waals surface area contributed by atoms with Crippen LogP contribution in [0.4, 0.5) is 0 Å². The Morgan fingerprint density at radius 3 is 3.00 bits per heavy atom. The zero-order chi connectivity index (χ0) is 15.2. The van der Waals surface area contributed by atoms with Crippen molar-refractivity contribution in [2.24, 2.45) is 7.05 Å². The number of allylic oxidation sites excluding steroid dienone is 1. The van der Waals surface area contributed by atoms with E-state index in [1.165, 1.54) is 25.0 Å². The molecule has 0 saturated carbocycles. The van der Waals surface area contributed by atoms with Gasteiger partial charge in [0, 0.05) is 31.8 Å². The number of nitrogens with zero attached hydrogens (tertiary/aromatic N) is 4. The normalized spacial score (nSPS) is 20.7. The molecule has 2 heterocycles. The van der Waals surface area contributed by atoms with Crippen LogP contribution in [-0.4, -0.2) is 45.1 Å². The van der Waals surface area contributed by atoms with Crippen LogP contribution in [0.25, 0.3) is 0 Å². The highest BCUT2D eigenvalue weighted by Crippen LogP contribution is 2.28. The molecule has 2 rings (SSSR count). The van der Waals surface area contributed by atoms with Crippen LogP contribution in [0, 0.1) is 0 Å². The van der Waals surface area contributed by atoms with Crippen molar-refractivity contribution in [3.8, 4) is 0 Å². The van der Waals surface area contributed by atoms with Crippen LogP contribution < -0.4 is 0 Å². The van der Waals surface area contributed by atoms with E-state index in [4.69, 9.17) is 0 Å². The first kappa shape index (κ1) is 16.3. The summed E-state index contributed by atoms with van der Waals surface area (Å²) in [6.07, 6.45) is 6.56. The minimum Gasteiger partial charge on any atom is -0.309 e. The van der Waals surface area contributed by atoms with E-state index in [9.17, 15) is 0 Å². The average Bonchev–Trinajstić information content (AvgIpc) is 2.86. The second-order valence-corrected chi connectivity index (χ2v) is 6.70. The first-order chi connectivity index (χ1) is 10.2. The molecule has 0 N–H and O–H groups in total. The fourth-order valence-corrected chi connectivity index (χ4v) is 3.45. The van der Waals surface area contributed by atoms with E-state index in [1.54, 1.807) is 11.8 Å². The summed E-state index contributed by atoms with van der Waals surface area (Å²) in [5.41, 5.74) is 1.44. The molecule has 0 radical (unpaired) electrons. The molecule has 1 saturated heterocycles. The number of aromatic nitrogens is 3. The van der Waals surface area contributed by atoms with Gasteiger partial charge in [0.25, 0.3) is 0 Å². The van der Waals surface area contributed by atoms with Crippen LogP contribution in [0.15, 0.2) is 29.5 Å². The topological polar surface area (TPSA) is 34.0 Å². The third-order valence-electron chi connectivity index (χ3n) is 4.04. The maximum Gasteiger partial charge on any atom is 0.191 e. The Labute approximate surface area is 132 Å². The van der Waals surface area contributed by atoms with Gasteiger partial charge in [0.15, 0.2) is 5.16 Å². The predicted molar refractivity (Wildman–Crippen MR) is 89.8 cm³/mol. The molecule has 0 bridgehead atoms. The van der Waals surface area contributed by atoms with Gasteiger partial charge in [-0.25, -0.2) is 0 Å². The van der Waals surface area contributed by atoms with E-state index in [2.05, 4.69) is 53.2 Å². The van der Waals surface area contributed by atoms with Gasteiger partial charge in [-0.3, -0.25) is 4.90 Å². The Kier molecular flexibility index (Phi) is 6.06. The minimum absolute atomic E-state index is 0.499. The van der Waals surface area contributed by atoms with Gasteiger partial charge >= 0.3 is 0 Å². The van der Waals surface area contributed by atoms with Crippen molar-refractivity contribution in [3.63, 3.8) is 0 Å². The lowest BCUT2D eigenvalue weighted by molar-refractivity contribution is 0.217. The first-order valence-corrected chi connectivity index (χ1v) is 8.61. The summed E-state index contributed by atoms with van der Waals surface area (Å²) in [6.45, 7) is 11.4. The molecule has 116 valence electrons. The molecule has 21 heavy (non-hydrogen) atoms. The summed E-state index contributed by atoms with van der Waals surface area (Å²) in [5, 5.41) is 9.76. The van der Waals surface area contributed by atoms with Crippen molar-refractivity contribution >= 4 is 11.8 Å². The van der Waals surface area contributed by atoms with Gasteiger partial charge in [-0.1, -0.05) is 29.5 Å². The summed E-state index contributed by atoms with van der Waals surface area (Å²) in [7, 11) is 2.08. The van der Waals surface area contributed by atoms with Crippen molar-refractivity contribution in [1.82, 2.24) is 19.7 Å². The number of thioether (sulfide) groups is 1. The van der Waals surface area contributed by atoms with E-state index >= 15 is 0 Å².